The van der Waals surface area contributed by atoms with Gasteiger partial charge in [0.1, 0.15) is 17.4 Å². The van der Waals surface area contributed by atoms with Crippen LogP contribution in [0.2, 0.25) is 0 Å². The molecule has 0 spiro atoms. The summed E-state index contributed by atoms with van der Waals surface area (Å²) in [7, 11) is 0. The normalized spacial score (nSPS) is 14.0. The van der Waals surface area contributed by atoms with E-state index in [0.29, 0.717) is 35.7 Å². The highest BCUT2D eigenvalue weighted by Gasteiger charge is 2.30. The summed E-state index contributed by atoms with van der Waals surface area (Å²) < 4.78 is 9.55. The van der Waals surface area contributed by atoms with Crippen molar-refractivity contribution in [2.45, 2.75) is 71.4 Å². The molecule has 5 aromatic rings. The molecule has 1 aliphatic rings. The van der Waals surface area contributed by atoms with Crippen molar-refractivity contribution < 1.29 is 14.3 Å². The van der Waals surface area contributed by atoms with Gasteiger partial charge in [-0.3, -0.25) is 9.59 Å². The number of fused-ring (bicyclic) bond motifs is 1. The first-order valence-electron chi connectivity index (χ1n) is 16.4. The monoisotopic (exact) mass is 664 g/mol. The van der Waals surface area contributed by atoms with Crippen LogP contribution in [0.4, 0.5) is 10.6 Å². The Balaban J connectivity index is 1.26. The smallest absolute Gasteiger partial charge is 0.410 e. The molecule has 6 rings (SSSR count). The molecule has 0 atom stereocenters. The van der Waals surface area contributed by atoms with Crippen LogP contribution in [0, 0.1) is 0 Å². The van der Waals surface area contributed by atoms with Crippen molar-refractivity contribution in [1.29, 1.82) is 0 Å². The number of nitrogens with zero attached hydrogens (tertiary/aromatic N) is 7. The molecule has 1 fully saturated rings. The summed E-state index contributed by atoms with van der Waals surface area (Å²) in [6, 6.07) is 17.6. The molecule has 0 saturated carbocycles. The summed E-state index contributed by atoms with van der Waals surface area (Å²) in [5.41, 5.74) is 8.55. The maximum Gasteiger partial charge on any atom is 0.410 e. The van der Waals surface area contributed by atoms with Crippen LogP contribution in [-0.4, -0.2) is 64.4 Å². The summed E-state index contributed by atoms with van der Waals surface area (Å²) in [6.07, 6.45) is 2.51. The SMILES string of the molecule is CC(C)n1nc(C(=O)Cc2ccc(-c3cc(C4CCN(C(=O)OC(C)(C)C)CC4)n4ncnc(N)c34)cc2)c(=O)n(-c2ccccc2)c1=O. The van der Waals surface area contributed by atoms with E-state index in [1.54, 1.807) is 49.1 Å². The Hall–Kier alpha value is -5.59. The van der Waals surface area contributed by atoms with Gasteiger partial charge in [-0.1, -0.05) is 42.5 Å². The Labute approximate surface area is 283 Å². The van der Waals surface area contributed by atoms with Gasteiger partial charge in [-0.15, -0.1) is 0 Å². The molecule has 13 heteroatoms. The van der Waals surface area contributed by atoms with Crippen LogP contribution >= 0.6 is 0 Å². The number of nitrogen functional groups attached to an aromatic ring is 1. The molecule has 4 heterocycles. The Bertz CT molecular complexity index is 2140. The van der Waals surface area contributed by atoms with Gasteiger partial charge in [0, 0.05) is 36.7 Å². The fourth-order valence-corrected chi connectivity index (χ4v) is 6.16. The van der Waals surface area contributed by atoms with Gasteiger partial charge in [-0.2, -0.15) is 10.2 Å². The van der Waals surface area contributed by atoms with Crippen molar-refractivity contribution in [2.75, 3.05) is 18.8 Å². The lowest BCUT2D eigenvalue weighted by molar-refractivity contribution is 0.0203. The third kappa shape index (κ3) is 6.73. The molecular formula is C36H40N8O5. The Morgan fingerprint density at radius 3 is 2.31 bits per heavy atom. The summed E-state index contributed by atoms with van der Waals surface area (Å²) >= 11 is 0. The number of amides is 1. The zero-order chi connectivity index (χ0) is 35.0. The van der Waals surface area contributed by atoms with Crippen LogP contribution < -0.4 is 17.0 Å². The zero-order valence-electron chi connectivity index (χ0n) is 28.3. The molecule has 1 saturated heterocycles. The number of likely N-dealkylation sites (tertiary alicyclic amines) is 1. The number of carbonyl (C=O) groups excluding carboxylic acids is 2. The molecule has 49 heavy (non-hydrogen) atoms. The molecule has 2 aromatic carbocycles. The zero-order valence-corrected chi connectivity index (χ0v) is 28.3. The number of benzene rings is 2. The molecule has 3 aromatic heterocycles. The Kier molecular flexibility index (Phi) is 8.93. The van der Waals surface area contributed by atoms with Crippen LogP contribution in [0.25, 0.3) is 22.3 Å². The number of para-hydroxylation sites is 1. The van der Waals surface area contributed by atoms with Crippen molar-refractivity contribution in [1.82, 2.24) is 33.8 Å². The Morgan fingerprint density at radius 1 is 1.00 bits per heavy atom. The van der Waals surface area contributed by atoms with E-state index in [1.807, 2.05) is 49.6 Å². The van der Waals surface area contributed by atoms with E-state index in [-0.39, 0.29) is 30.2 Å². The lowest BCUT2D eigenvalue weighted by Crippen LogP contribution is -2.44. The minimum absolute atomic E-state index is 0.0865. The molecule has 1 amide bonds. The van der Waals surface area contributed by atoms with Gasteiger partial charge in [0.15, 0.2) is 17.3 Å². The first-order valence-corrected chi connectivity index (χ1v) is 16.4. The molecule has 2 N–H and O–H groups in total. The average molecular weight is 665 g/mol. The summed E-state index contributed by atoms with van der Waals surface area (Å²) in [5.74, 6) is -0.0285. The van der Waals surface area contributed by atoms with E-state index in [0.717, 1.165) is 38.9 Å². The van der Waals surface area contributed by atoms with E-state index in [4.69, 9.17) is 10.5 Å². The van der Waals surface area contributed by atoms with E-state index in [1.165, 1.54) is 6.33 Å². The third-order valence-corrected chi connectivity index (χ3v) is 8.57. The lowest BCUT2D eigenvalue weighted by atomic mass is 9.93. The predicted molar refractivity (Wildman–Crippen MR) is 185 cm³/mol. The van der Waals surface area contributed by atoms with Crippen molar-refractivity contribution >= 4 is 23.2 Å². The van der Waals surface area contributed by atoms with Crippen LogP contribution in [0.1, 0.15) is 81.2 Å². The van der Waals surface area contributed by atoms with Crippen LogP contribution in [0.5, 0.6) is 0 Å². The van der Waals surface area contributed by atoms with E-state index >= 15 is 0 Å². The van der Waals surface area contributed by atoms with Crippen molar-refractivity contribution in [3.8, 4) is 16.8 Å². The van der Waals surface area contributed by atoms with Crippen LogP contribution in [0.3, 0.4) is 0 Å². The fraction of sp³-hybridized carbons (Fsp3) is 0.361. The van der Waals surface area contributed by atoms with E-state index < -0.39 is 22.6 Å². The van der Waals surface area contributed by atoms with Gasteiger partial charge in [0.25, 0.3) is 5.56 Å². The number of nitrogens with two attached hydrogens (primary N) is 1. The van der Waals surface area contributed by atoms with Gasteiger partial charge in [0.2, 0.25) is 0 Å². The average Bonchev–Trinajstić information content (AvgIpc) is 3.46. The largest absolute Gasteiger partial charge is 0.444 e. The van der Waals surface area contributed by atoms with Gasteiger partial charge in [-0.25, -0.2) is 28.3 Å². The standard InChI is InChI=1S/C36H40N8O5/c1-22(2)43-34(47)42(26-9-7-6-8-10-26)33(46)30(40-43)29(45)19-23-11-13-24(14-12-23)27-20-28(44-31(27)32(37)38-21-39-44)25-15-17-41(18-16-25)35(48)49-36(3,4)5/h6-14,20-22,25H,15-19H2,1-5H3,(H2,37,38,39). The highest BCUT2D eigenvalue weighted by atomic mass is 16.6. The number of rotatable bonds is 7. The number of aromatic nitrogens is 6. The summed E-state index contributed by atoms with van der Waals surface area (Å²) in [5, 5.41) is 8.73. The van der Waals surface area contributed by atoms with E-state index in [2.05, 4.69) is 21.2 Å². The number of piperidine rings is 1. The summed E-state index contributed by atoms with van der Waals surface area (Å²) in [4.78, 5) is 58.7. The highest BCUT2D eigenvalue weighted by Crippen LogP contribution is 2.37. The second-order valence-electron chi connectivity index (χ2n) is 13.6. The summed E-state index contributed by atoms with van der Waals surface area (Å²) in [6.45, 7) is 10.2. The maximum absolute atomic E-state index is 13.5. The number of ketones is 1. The van der Waals surface area contributed by atoms with Gasteiger partial charge >= 0.3 is 11.8 Å². The number of anilines is 1. The van der Waals surface area contributed by atoms with Crippen LogP contribution in [-0.2, 0) is 11.2 Å². The second kappa shape index (κ2) is 13.1. The fourth-order valence-electron chi connectivity index (χ4n) is 6.16. The minimum Gasteiger partial charge on any atom is -0.444 e. The quantitative estimate of drug-likeness (QED) is 0.241. The number of ether oxygens (including phenoxy) is 1. The van der Waals surface area contributed by atoms with Gasteiger partial charge in [-0.05, 0) is 76.8 Å². The topological polar surface area (TPSA) is 160 Å². The number of hydrogen-bond donors (Lipinski definition) is 1. The van der Waals surface area contributed by atoms with Crippen LogP contribution in [0.15, 0.2) is 76.6 Å². The van der Waals surface area contributed by atoms with E-state index in [9.17, 15) is 19.2 Å². The molecule has 0 bridgehead atoms. The molecule has 0 unspecified atom stereocenters. The third-order valence-electron chi connectivity index (χ3n) is 8.57. The molecule has 0 radical (unpaired) electrons. The predicted octanol–water partition coefficient (Wildman–Crippen LogP) is 4.81. The molecule has 13 nitrogen and oxygen atoms in total. The highest BCUT2D eigenvalue weighted by molar-refractivity contribution is 5.95. The second-order valence-corrected chi connectivity index (χ2v) is 13.6. The molecular weight excluding hydrogens is 624 g/mol. The molecule has 0 aliphatic carbocycles. The van der Waals surface area contributed by atoms with Crippen molar-refractivity contribution in [2.24, 2.45) is 0 Å². The lowest BCUT2D eigenvalue weighted by Gasteiger charge is -2.33. The number of carbonyl (C=O) groups is 2. The molecule has 1 aliphatic heterocycles. The number of Topliss-reactive ketones (excluding diaryl/α,β-unsaturated/α-hetero) is 1. The molecule has 254 valence electrons. The number of hydrogen-bond acceptors (Lipinski definition) is 9. The van der Waals surface area contributed by atoms with Gasteiger partial charge < -0.3 is 15.4 Å². The minimum atomic E-state index is -0.755. The van der Waals surface area contributed by atoms with Crippen molar-refractivity contribution in [3.05, 3.63) is 105 Å². The maximum atomic E-state index is 13.5. The van der Waals surface area contributed by atoms with Gasteiger partial charge in [0.05, 0.1) is 11.7 Å². The van der Waals surface area contributed by atoms with Crippen molar-refractivity contribution in [3.63, 3.8) is 0 Å². The Morgan fingerprint density at radius 2 is 1.67 bits per heavy atom. The first kappa shape index (κ1) is 33.3. The first-order chi connectivity index (χ1) is 23.3.